The third-order valence-corrected chi connectivity index (χ3v) is 6.60. The fourth-order valence-electron chi connectivity index (χ4n) is 4.32. The zero-order valence-corrected chi connectivity index (χ0v) is 23.1. The number of ether oxygens (including phenoxy) is 2. The lowest BCUT2D eigenvalue weighted by atomic mass is 10.1. The second-order valence-electron chi connectivity index (χ2n) is 9.63. The summed E-state index contributed by atoms with van der Waals surface area (Å²) in [6.45, 7) is 2.72. The number of anilines is 2. The van der Waals surface area contributed by atoms with Crippen molar-refractivity contribution in [3.05, 3.63) is 41.2 Å². The lowest BCUT2D eigenvalue weighted by molar-refractivity contribution is -0.192. The Kier molecular flexibility index (Phi) is 11.4. The zero-order chi connectivity index (χ0) is 31.9. The number of aliphatic carboxylic acids is 1. The maximum absolute atomic E-state index is 14.0. The van der Waals surface area contributed by atoms with Crippen molar-refractivity contribution in [1.82, 2.24) is 14.9 Å². The summed E-state index contributed by atoms with van der Waals surface area (Å²) in [6, 6.07) is 3.17. The van der Waals surface area contributed by atoms with Gasteiger partial charge in [-0.25, -0.2) is 32.3 Å². The molecule has 4 rings (SSSR count). The number of alkyl halides is 5. The van der Waals surface area contributed by atoms with Crippen LogP contribution in [0.1, 0.15) is 31.2 Å². The summed E-state index contributed by atoms with van der Waals surface area (Å²) < 4.78 is 95.6. The first kappa shape index (κ1) is 33.6. The number of nitrogens with one attached hydrogen (secondary N) is 1. The highest BCUT2D eigenvalue weighted by Crippen LogP contribution is 2.30. The smallest absolute Gasteiger partial charge is 0.487 e. The normalized spacial score (nSPS) is 16.2. The van der Waals surface area contributed by atoms with Crippen molar-refractivity contribution >= 4 is 23.5 Å². The largest absolute Gasteiger partial charge is 0.490 e. The van der Waals surface area contributed by atoms with E-state index in [-0.39, 0.29) is 30.1 Å². The summed E-state index contributed by atoms with van der Waals surface area (Å²) in [5.41, 5.74) is 1.27. The maximum Gasteiger partial charge on any atom is 0.490 e. The van der Waals surface area contributed by atoms with Crippen LogP contribution in [0.5, 0.6) is 5.75 Å². The van der Waals surface area contributed by atoms with Crippen molar-refractivity contribution in [1.29, 1.82) is 0 Å². The van der Waals surface area contributed by atoms with E-state index in [4.69, 9.17) is 24.4 Å². The molecular weight excluding hydrogens is 595 g/mol. The molecule has 1 aromatic heterocycles. The molecule has 10 nitrogen and oxygen atoms in total. The molecule has 1 atom stereocenters. The average molecular weight is 626 g/mol. The van der Waals surface area contributed by atoms with Crippen molar-refractivity contribution in [3.8, 4) is 5.75 Å². The number of benzene rings is 1. The summed E-state index contributed by atoms with van der Waals surface area (Å²) in [4.78, 5) is 34.4. The van der Waals surface area contributed by atoms with E-state index in [2.05, 4.69) is 10.3 Å². The van der Waals surface area contributed by atoms with Crippen LogP contribution >= 0.6 is 0 Å². The van der Waals surface area contributed by atoms with Gasteiger partial charge in [-0.2, -0.15) is 13.2 Å². The molecule has 2 aliphatic heterocycles. The highest BCUT2D eigenvalue weighted by Gasteiger charge is 2.38. The van der Waals surface area contributed by atoms with E-state index in [0.29, 0.717) is 56.1 Å². The molecule has 0 radical (unpaired) electrons. The monoisotopic (exact) mass is 625 g/mol. The van der Waals surface area contributed by atoms with Crippen LogP contribution in [0, 0.1) is 11.6 Å². The number of halogens is 7. The van der Waals surface area contributed by atoms with Gasteiger partial charge < -0.3 is 29.7 Å². The number of carbonyl (C=O) groups excluding carboxylic acids is 1. The number of carboxylic acids is 1. The molecule has 0 spiro atoms. The summed E-state index contributed by atoms with van der Waals surface area (Å²) in [6.07, 6.45) is -7.06. The van der Waals surface area contributed by atoms with Gasteiger partial charge in [0.1, 0.15) is 18.0 Å². The number of aromatic nitrogens is 2. The number of rotatable bonds is 8. The molecule has 238 valence electrons. The van der Waals surface area contributed by atoms with Gasteiger partial charge in [-0.3, -0.25) is 4.79 Å². The molecule has 1 aromatic carbocycles. The molecule has 1 saturated heterocycles. The van der Waals surface area contributed by atoms with E-state index in [0.717, 1.165) is 12.1 Å². The van der Waals surface area contributed by atoms with Gasteiger partial charge in [-0.15, -0.1) is 0 Å². The quantitative estimate of drug-likeness (QED) is 0.420. The lowest BCUT2D eigenvalue weighted by Crippen LogP contribution is -2.43. The van der Waals surface area contributed by atoms with Crippen molar-refractivity contribution in [2.75, 3.05) is 43.5 Å². The van der Waals surface area contributed by atoms with Crippen molar-refractivity contribution in [2.24, 2.45) is 0 Å². The fraction of sp³-hybridized carbons (Fsp3) is 0.538. The Morgan fingerprint density at radius 1 is 1.12 bits per heavy atom. The SMILES string of the molecule is CO[C@@H](C)C(=O)N1CCc2nc(NCC(F)F)c(N3CCC(Oc4ccc(F)cc4F)CC3)nc2C1.O=C(O)C(F)(F)F. The number of piperidine rings is 1. The molecule has 0 unspecified atom stereocenters. The molecule has 1 fully saturated rings. The van der Waals surface area contributed by atoms with E-state index in [1.807, 2.05) is 4.90 Å². The molecule has 2 aromatic rings. The number of carbonyl (C=O) groups is 2. The number of hydrogen-bond acceptors (Lipinski definition) is 8. The Hall–Kier alpha value is -3.89. The highest BCUT2D eigenvalue weighted by atomic mass is 19.4. The van der Waals surface area contributed by atoms with Gasteiger partial charge in [-0.1, -0.05) is 0 Å². The van der Waals surface area contributed by atoms with Crippen LogP contribution < -0.4 is 15.0 Å². The molecule has 3 heterocycles. The van der Waals surface area contributed by atoms with Gasteiger partial charge in [0.05, 0.1) is 24.5 Å². The van der Waals surface area contributed by atoms with Crippen LogP contribution in [0.2, 0.25) is 0 Å². The number of methoxy groups -OCH3 is 1. The van der Waals surface area contributed by atoms with Crippen LogP contribution in [0.25, 0.3) is 0 Å². The molecule has 0 bridgehead atoms. The predicted octanol–water partition coefficient (Wildman–Crippen LogP) is 4.03. The Morgan fingerprint density at radius 3 is 2.33 bits per heavy atom. The fourth-order valence-corrected chi connectivity index (χ4v) is 4.32. The number of amides is 1. The van der Waals surface area contributed by atoms with E-state index in [9.17, 15) is 35.5 Å². The van der Waals surface area contributed by atoms with E-state index in [1.165, 1.54) is 13.2 Å². The number of carboxylic acid groups (broad SMARTS) is 1. The molecule has 2 N–H and O–H groups in total. The Labute approximate surface area is 241 Å². The van der Waals surface area contributed by atoms with E-state index >= 15 is 0 Å². The first-order valence-corrected chi connectivity index (χ1v) is 13.1. The van der Waals surface area contributed by atoms with Crippen LogP contribution in [-0.4, -0.2) is 89.9 Å². The number of nitrogens with zero attached hydrogens (tertiary/aromatic N) is 4. The topological polar surface area (TPSA) is 117 Å². The Morgan fingerprint density at radius 2 is 1.77 bits per heavy atom. The van der Waals surface area contributed by atoms with Crippen LogP contribution in [-0.2, 0) is 27.3 Å². The molecule has 43 heavy (non-hydrogen) atoms. The summed E-state index contributed by atoms with van der Waals surface area (Å²) in [5.74, 6) is -3.68. The maximum atomic E-state index is 14.0. The summed E-state index contributed by atoms with van der Waals surface area (Å²) >= 11 is 0. The number of hydrogen-bond donors (Lipinski definition) is 2. The van der Waals surface area contributed by atoms with Gasteiger partial charge in [0, 0.05) is 52.1 Å². The third-order valence-electron chi connectivity index (χ3n) is 6.60. The Balaban J connectivity index is 0.000000646. The minimum atomic E-state index is -5.08. The summed E-state index contributed by atoms with van der Waals surface area (Å²) in [7, 11) is 1.47. The second kappa shape index (κ2) is 14.5. The summed E-state index contributed by atoms with van der Waals surface area (Å²) in [5, 5.41) is 9.83. The van der Waals surface area contributed by atoms with E-state index < -0.39 is 42.9 Å². The molecule has 17 heteroatoms. The van der Waals surface area contributed by atoms with Gasteiger partial charge in [0.2, 0.25) is 0 Å². The Bertz CT molecular complexity index is 1280. The molecule has 2 aliphatic rings. The minimum Gasteiger partial charge on any atom is -0.487 e. The van der Waals surface area contributed by atoms with Gasteiger partial charge in [0.15, 0.2) is 23.2 Å². The van der Waals surface area contributed by atoms with Crippen LogP contribution in [0.3, 0.4) is 0 Å². The third kappa shape index (κ3) is 9.30. The van der Waals surface area contributed by atoms with Crippen molar-refractivity contribution in [3.63, 3.8) is 0 Å². The minimum absolute atomic E-state index is 0.0160. The van der Waals surface area contributed by atoms with Crippen molar-refractivity contribution in [2.45, 2.75) is 57.5 Å². The van der Waals surface area contributed by atoms with Gasteiger partial charge in [0.25, 0.3) is 12.3 Å². The molecular formula is C26H30F7N5O5. The number of fused-ring (bicyclic) bond motifs is 1. The van der Waals surface area contributed by atoms with Crippen LogP contribution in [0.15, 0.2) is 18.2 Å². The standard InChI is InChI=1S/C24H29F4N5O3.C2HF3O2/c1-14(35-2)24(34)33-10-7-18-19(13-33)31-23(22(30-18)29-12-21(27)28)32-8-5-16(6-9-32)36-20-4-3-15(25)11-17(20)26;3-2(4,5)1(6)7/h3-4,11,14,16,21H,5-10,12-13H2,1-2H3,(H,29,30);(H,6,7)/t14-;/m0./s1. The van der Waals surface area contributed by atoms with Gasteiger partial charge >= 0.3 is 12.1 Å². The first-order chi connectivity index (χ1) is 20.2. The highest BCUT2D eigenvalue weighted by molar-refractivity contribution is 5.80. The van der Waals surface area contributed by atoms with Crippen LogP contribution in [0.4, 0.5) is 42.4 Å². The first-order valence-electron chi connectivity index (χ1n) is 13.1. The van der Waals surface area contributed by atoms with Crippen molar-refractivity contribution < 1.29 is 54.9 Å². The van der Waals surface area contributed by atoms with E-state index in [1.54, 1.807) is 11.8 Å². The van der Waals surface area contributed by atoms with Gasteiger partial charge in [-0.05, 0) is 19.1 Å². The average Bonchev–Trinajstić information content (AvgIpc) is 2.96. The predicted molar refractivity (Wildman–Crippen MR) is 138 cm³/mol. The lowest BCUT2D eigenvalue weighted by Gasteiger charge is -2.35. The zero-order valence-electron chi connectivity index (χ0n) is 23.1. The molecule has 0 aliphatic carbocycles. The second-order valence-corrected chi connectivity index (χ2v) is 9.63. The molecule has 0 saturated carbocycles. The molecule has 1 amide bonds.